The van der Waals surface area contributed by atoms with E-state index in [1.54, 1.807) is 0 Å². The molecule has 0 aliphatic heterocycles. The molecule has 2 aromatic carbocycles. The highest BCUT2D eigenvalue weighted by Gasteiger charge is 2.22. The van der Waals surface area contributed by atoms with Gasteiger partial charge in [0, 0.05) is 0 Å². The Morgan fingerprint density at radius 3 is 1.45 bits per heavy atom. The van der Waals surface area contributed by atoms with Gasteiger partial charge in [-0.1, -0.05) is 0 Å². The van der Waals surface area contributed by atoms with Crippen molar-refractivity contribution in [2.24, 2.45) is 0 Å². The molecule has 0 aliphatic carbocycles. The van der Waals surface area contributed by atoms with E-state index in [1.807, 2.05) is 0 Å². The fraction of sp³-hybridized carbons (Fsp3) is 0. The molecule has 0 unspecified atom stereocenters. The molecule has 0 aromatic heterocycles. The lowest BCUT2D eigenvalue weighted by atomic mass is 10.00. The van der Waals surface area contributed by atoms with Gasteiger partial charge >= 0.3 is 0 Å². The number of hydrogen-bond donors (Lipinski definition) is 4. The van der Waals surface area contributed by atoms with Crippen LogP contribution in [0.4, 0.5) is 31.5 Å². The normalized spacial score (nSPS) is 10.5. The molecule has 0 spiro atoms. The van der Waals surface area contributed by atoms with Gasteiger partial charge in [-0.15, -0.1) is 0 Å². The molecule has 0 radical (unpaired) electrons. The zero-order chi connectivity index (χ0) is 15.0. The summed E-state index contributed by atoms with van der Waals surface area (Å²) in [7, 11) is 0. The standard InChI is InChI=1S/C13H12F2N4O/c14-9-5(1-3-7(16)11(9)18)13(20)6-2-4-8(17)12(19)10(6)15/h1-4H,16-19H2. The Hall–Kier alpha value is -2.83. The number of nitrogens with two attached hydrogens (primary N) is 4. The molecule has 0 fully saturated rings. The lowest BCUT2D eigenvalue weighted by molar-refractivity contribution is 0.103. The van der Waals surface area contributed by atoms with Gasteiger partial charge in [-0.05, 0) is 24.3 Å². The van der Waals surface area contributed by atoms with Crippen LogP contribution < -0.4 is 22.9 Å². The number of halogens is 2. The Kier molecular flexibility index (Phi) is 3.19. The van der Waals surface area contributed by atoms with Crippen LogP contribution in [0.5, 0.6) is 0 Å². The maximum atomic E-state index is 13.9. The van der Waals surface area contributed by atoms with E-state index in [4.69, 9.17) is 22.9 Å². The number of benzene rings is 2. The van der Waals surface area contributed by atoms with Crippen molar-refractivity contribution >= 4 is 28.5 Å². The predicted octanol–water partition coefficient (Wildman–Crippen LogP) is 1.52. The second-order valence-corrected chi connectivity index (χ2v) is 4.19. The van der Waals surface area contributed by atoms with Gasteiger partial charge in [0.2, 0.25) is 0 Å². The highest BCUT2D eigenvalue weighted by Crippen LogP contribution is 2.27. The topological polar surface area (TPSA) is 121 Å². The first-order valence-corrected chi connectivity index (χ1v) is 5.56. The average molecular weight is 278 g/mol. The van der Waals surface area contributed by atoms with Crippen LogP contribution >= 0.6 is 0 Å². The minimum atomic E-state index is -0.996. The van der Waals surface area contributed by atoms with Gasteiger partial charge < -0.3 is 22.9 Å². The highest BCUT2D eigenvalue weighted by molar-refractivity contribution is 6.11. The van der Waals surface area contributed by atoms with Crippen molar-refractivity contribution in [3.05, 3.63) is 47.0 Å². The summed E-state index contributed by atoms with van der Waals surface area (Å²) in [5, 5.41) is 0. The lowest BCUT2D eigenvalue weighted by Gasteiger charge is -2.09. The maximum absolute atomic E-state index is 13.9. The van der Waals surface area contributed by atoms with E-state index in [-0.39, 0.29) is 33.9 Å². The smallest absolute Gasteiger partial charge is 0.199 e. The Morgan fingerprint density at radius 1 is 0.750 bits per heavy atom. The third-order valence-corrected chi connectivity index (χ3v) is 2.92. The highest BCUT2D eigenvalue weighted by atomic mass is 19.1. The van der Waals surface area contributed by atoms with Gasteiger partial charge in [-0.25, -0.2) is 8.78 Å². The van der Waals surface area contributed by atoms with Crippen molar-refractivity contribution in [2.45, 2.75) is 0 Å². The van der Waals surface area contributed by atoms with Crippen molar-refractivity contribution in [1.29, 1.82) is 0 Å². The molecule has 0 atom stereocenters. The molecular formula is C13H12F2N4O. The van der Waals surface area contributed by atoms with E-state index in [1.165, 1.54) is 12.1 Å². The summed E-state index contributed by atoms with van der Waals surface area (Å²) in [5.74, 6) is -2.88. The molecule has 0 heterocycles. The summed E-state index contributed by atoms with van der Waals surface area (Å²) in [4.78, 5) is 12.1. The van der Waals surface area contributed by atoms with Crippen LogP contribution in [0, 0.1) is 11.6 Å². The van der Waals surface area contributed by atoms with Crippen LogP contribution in [0.3, 0.4) is 0 Å². The second-order valence-electron chi connectivity index (χ2n) is 4.19. The molecule has 2 aromatic rings. The minimum Gasteiger partial charge on any atom is -0.397 e. The SMILES string of the molecule is Nc1ccc(C(=O)c2ccc(N)c(N)c2F)c(F)c1N. The van der Waals surface area contributed by atoms with Crippen LogP contribution in [0.25, 0.3) is 0 Å². The molecule has 0 saturated heterocycles. The average Bonchev–Trinajstić information content (AvgIpc) is 2.42. The largest absolute Gasteiger partial charge is 0.397 e. The summed E-state index contributed by atoms with van der Waals surface area (Å²) >= 11 is 0. The zero-order valence-electron chi connectivity index (χ0n) is 10.3. The molecule has 7 heteroatoms. The summed E-state index contributed by atoms with van der Waals surface area (Å²) in [6, 6.07) is 4.80. The molecule has 0 amide bonds. The molecule has 0 aliphatic rings. The number of carbonyl (C=O) groups is 1. The van der Waals surface area contributed by atoms with E-state index in [0.717, 1.165) is 12.1 Å². The Balaban J connectivity index is 2.58. The molecule has 20 heavy (non-hydrogen) atoms. The number of hydrogen-bond acceptors (Lipinski definition) is 5. The Morgan fingerprint density at radius 2 is 1.10 bits per heavy atom. The number of ketones is 1. The monoisotopic (exact) mass is 278 g/mol. The van der Waals surface area contributed by atoms with Crippen LogP contribution in [0.15, 0.2) is 24.3 Å². The number of rotatable bonds is 2. The lowest BCUT2D eigenvalue weighted by Crippen LogP contribution is -2.11. The second kappa shape index (κ2) is 4.69. The number of anilines is 4. The molecule has 0 bridgehead atoms. The molecule has 104 valence electrons. The van der Waals surface area contributed by atoms with Gasteiger partial charge in [0.25, 0.3) is 0 Å². The third kappa shape index (κ3) is 1.99. The Labute approximate surface area is 113 Å². The first-order chi connectivity index (χ1) is 9.34. The minimum absolute atomic E-state index is 0.00339. The van der Waals surface area contributed by atoms with Gasteiger partial charge in [0.05, 0.1) is 33.9 Å². The van der Waals surface area contributed by atoms with Gasteiger partial charge in [0.1, 0.15) is 0 Å². The molecule has 5 nitrogen and oxygen atoms in total. The molecule has 0 saturated carbocycles. The summed E-state index contributed by atoms with van der Waals surface area (Å²) in [6.07, 6.45) is 0. The van der Waals surface area contributed by atoms with E-state index in [9.17, 15) is 13.6 Å². The zero-order valence-corrected chi connectivity index (χ0v) is 10.3. The third-order valence-electron chi connectivity index (χ3n) is 2.92. The van der Waals surface area contributed by atoms with E-state index >= 15 is 0 Å². The van der Waals surface area contributed by atoms with E-state index in [2.05, 4.69) is 0 Å². The molecule has 8 N–H and O–H groups in total. The van der Waals surface area contributed by atoms with Crippen molar-refractivity contribution in [2.75, 3.05) is 22.9 Å². The fourth-order valence-corrected chi connectivity index (χ4v) is 1.71. The van der Waals surface area contributed by atoms with Crippen LogP contribution in [-0.4, -0.2) is 5.78 Å². The maximum Gasteiger partial charge on any atom is 0.199 e. The van der Waals surface area contributed by atoms with Crippen molar-refractivity contribution in [3.63, 3.8) is 0 Å². The van der Waals surface area contributed by atoms with Crippen LogP contribution in [-0.2, 0) is 0 Å². The molecular weight excluding hydrogens is 266 g/mol. The molecule has 2 rings (SSSR count). The predicted molar refractivity (Wildman–Crippen MR) is 73.9 cm³/mol. The summed E-state index contributed by atoms with van der Waals surface area (Å²) < 4.78 is 27.8. The fourth-order valence-electron chi connectivity index (χ4n) is 1.71. The van der Waals surface area contributed by atoms with Gasteiger partial charge in [0.15, 0.2) is 17.4 Å². The first-order valence-electron chi connectivity index (χ1n) is 5.56. The first kappa shape index (κ1) is 13.6. The summed E-state index contributed by atoms with van der Waals surface area (Å²) in [6.45, 7) is 0. The Bertz CT molecular complexity index is 657. The number of nitrogen functional groups attached to an aromatic ring is 4. The quantitative estimate of drug-likeness (QED) is 0.490. The van der Waals surface area contributed by atoms with Crippen LogP contribution in [0.2, 0.25) is 0 Å². The summed E-state index contributed by atoms with van der Waals surface area (Å²) in [5.41, 5.74) is 20.1. The van der Waals surface area contributed by atoms with Crippen LogP contribution in [0.1, 0.15) is 15.9 Å². The van der Waals surface area contributed by atoms with Crippen molar-refractivity contribution in [1.82, 2.24) is 0 Å². The van der Waals surface area contributed by atoms with Crippen molar-refractivity contribution < 1.29 is 13.6 Å². The van der Waals surface area contributed by atoms with E-state index in [0.29, 0.717) is 0 Å². The van der Waals surface area contributed by atoms with Gasteiger partial charge in [-0.3, -0.25) is 4.79 Å². The number of carbonyl (C=O) groups excluding carboxylic acids is 1. The van der Waals surface area contributed by atoms with Crippen molar-refractivity contribution in [3.8, 4) is 0 Å². The van der Waals surface area contributed by atoms with Gasteiger partial charge in [-0.2, -0.15) is 0 Å². The van der Waals surface area contributed by atoms with E-state index < -0.39 is 17.4 Å².